The molecule has 2 atom stereocenters. The number of aliphatic carboxylic acids is 1. The average molecular weight is 1310 g/mol. The third kappa shape index (κ3) is 75.4. The molecule has 1 N–H and O–H groups in total. The number of allylic oxidation sites excluding steroid dienone is 32. The third-order valence-electron chi connectivity index (χ3n) is 15.3. The number of quaternary nitrogens is 1. The van der Waals surface area contributed by atoms with E-state index < -0.39 is 24.3 Å². The van der Waals surface area contributed by atoms with Gasteiger partial charge in [0.25, 0.3) is 6.29 Å². The van der Waals surface area contributed by atoms with Crippen LogP contribution in [0.3, 0.4) is 0 Å². The number of hydrogen-bond donors (Lipinski definition) is 1. The molecule has 0 radical (unpaired) electrons. The minimum atomic E-state index is -1.53. The topological polar surface area (TPSA) is 108 Å². The molecule has 534 valence electrons. The maximum absolute atomic E-state index is 13.0. The molecule has 0 aliphatic rings. The normalized spacial score (nSPS) is 13.8. The Balaban J connectivity index is 4.20. The molecular weight excluding hydrogens is 1170 g/mol. The predicted octanol–water partition coefficient (Wildman–Crippen LogP) is 24.1. The molecule has 0 rings (SSSR count). The molecule has 0 heterocycles. The van der Waals surface area contributed by atoms with E-state index in [1.165, 1.54) is 83.5 Å². The van der Waals surface area contributed by atoms with Gasteiger partial charge in [0.15, 0.2) is 6.10 Å². The van der Waals surface area contributed by atoms with Gasteiger partial charge in [0.1, 0.15) is 13.2 Å². The molecule has 0 spiro atoms. The Morgan fingerprint density at radius 1 is 0.316 bits per heavy atom. The van der Waals surface area contributed by atoms with Crippen molar-refractivity contribution < 1.29 is 42.9 Å². The van der Waals surface area contributed by atoms with Crippen LogP contribution >= 0.6 is 0 Å². The summed E-state index contributed by atoms with van der Waals surface area (Å²) in [5.74, 6) is -2.05. The molecule has 0 saturated carbocycles. The molecule has 0 aromatic heterocycles. The van der Waals surface area contributed by atoms with Crippen LogP contribution in [0, 0.1) is 0 Å². The summed E-state index contributed by atoms with van der Waals surface area (Å²) in [4.78, 5) is 37.7. The van der Waals surface area contributed by atoms with Crippen molar-refractivity contribution >= 4 is 17.9 Å². The van der Waals surface area contributed by atoms with Gasteiger partial charge in [0.2, 0.25) is 0 Å². The van der Waals surface area contributed by atoms with E-state index in [4.69, 9.17) is 18.9 Å². The number of ether oxygens (including phenoxy) is 4. The first-order valence-corrected chi connectivity index (χ1v) is 37.6. The Labute approximate surface area is 582 Å². The van der Waals surface area contributed by atoms with Gasteiger partial charge < -0.3 is 28.5 Å². The quantitative estimate of drug-likeness (QED) is 0.0211. The Morgan fingerprint density at radius 3 is 0.842 bits per heavy atom. The molecule has 0 aromatic rings. The first kappa shape index (κ1) is 89.1. The summed E-state index contributed by atoms with van der Waals surface area (Å²) in [6.45, 7) is 4.62. The van der Waals surface area contributed by atoms with Crippen molar-refractivity contribution in [2.75, 3.05) is 47.5 Å². The molecule has 0 fully saturated rings. The molecule has 0 amide bonds. The molecule has 9 nitrogen and oxygen atoms in total. The molecule has 0 aliphatic heterocycles. The highest BCUT2D eigenvalue weighted by molar-refractivity contribution is 5.71. The van der Waals surface area contributed by atoms with Crippen LogP contribution in [0.1, 0.15) is 271 Å². The molecular formula is C86H138NO8+. The molecule has 0 aromatic carbocycles. The van der Waals surface area contributed by atoms with Gasteiger partial charge in [-0.3, -0.25) is 9.59 Å². The summed E-state index contributed by atoms with van der Waals surface area (Å²) >= 11 is 0. The van der Waals surface area contributed by atoms with Crippen molar-refractivity contribution in [3.8, 4) is 0 Å². The van der Waals surface area contributed by atoms with Gasteiger partial charge in [-0.25, -0.2) is 4.79 Å². The second-order valence-corrected chi connectivity index (χ2v) is 25.5. The minimum absolute atomic E-state index is 0.174. The van der Waals surface area contributed by atoms with Gasteiger partial charge in [-0.05, 0) is 141 Å². The third-order valence-corrected chi connectivity index (χ3v) is 15.3. The van der Waals surface area contributed by atoms with Crippen LogP contribution in [-0.4, -0.2) is 87.4 Å². The van der Waals surface area contributed by atoms with E-state index in [2.05, 4.69) is 208 Å². The monoisotopic (exact) mass is 1310 g/mol. The summed E-state index contributed by atoms with van der Waals surface area (Å²) in [7, 11) is 5.96. The van der Waals surface area contributed by atoms with Gasteiger partial charge >= 0.3 is 17.9 Å². The smallest absolute Gasteiger partial charge is 0.361 e. The van der Waals surface area contributed by atoms with Crippen molar-refractivity contribution in [3.63, 3.8) is 0 Å². The lowest BCUT2D eigenvalue weighted by atomic mass is 10.0. The summed E-state index contributed by atoms with van der Waals surface area (Å²) < 4.78 is 23.0. The van der Waals surface area contributed by atoms with Gasteiger partial charge in [-0.15, -0.1) is 0 Å². The van der Waals surface area contributed by atoms with Crippen LogP contribution in [0.4, 0.5) is 0 Å². The van der Waals surface area contributed by atoms with Crippen molar-refractivity contribution in [2.24, 2.45) is 0 Å². The predicted molar refractivity (Wildman–Crippen MR) is 409 cm³/mol. The van der Waals surface area contributed by atoms with E-state index in [0.717, 1.165) is 154 Å². The number of esters is 2. The fourth-order valence-electron chi connectivity index (χ4n) is 9.69. The molecule has 95 heavy (non-hydrogen) atoms. The summed E-state index contributed by atoms with van der Waals surface area (Å²) in [6, 6.07) is 0. The Morgan fingerprint density at radius 2 is 0.568 bits per heavy atom. The largest absolute Gasteiger partial charge is 0.477 e. The lowest BCUT2D eigenvalue weighted by Crippen LogP contribution is -2.40. The maximum Gasteiger partial charge on any atom is 0.361 e. The zero-order valence-electron chi connectivity index (χ0n) is 61.0. The van der Waals surface area contributed by atoms with E-state index in [0.29, 0.717) is 17.4 Å². The van der Waals surface area contributed by atoms with Crippen LogP contribution in [0.25, 0.3) is 0 Å². The summed E-state index contributed by atoms with van der Waals surface area (Å²) in [5.41, 5.74) is 0. The molecule has 9 heteroatoms. The lowest BCUT2D eigenvalue weighted by molar-refractivity contribution is -0.870. The first-order chi connectivity index (χ1) is 46.6. The van der Waals surface area contributed by atoms with Crippen LogP contribution < -0.4 is 0 Å². The second kappa shape index (κ2) is 73.9. The second-order valence-electron chi connectivity index (χ2n) is 25.5. The van der Waals surface area contributed by atoms with Gasteiger partial charge in [0, 0.05) is 12.8 Å². The highest BCUT2D eigenvalue weighted by Gasteiger charge is 2.25. The minimum Gasteiger partial charge on any atom is -0.477 e. The van der Waals surface area contributed by atoms with E-state index in [-0.39, 0.29) is 38.6 Å². The van der Waals surface area contributed by atoms with Crippen molar-refractivity contribution in [2.45, 2.75) is 283 Å². The molecule has 0 bridgehead atoms. The first-order valence-electron chi connectivity index (χ1n) is 37.6. The zero-order valence-corrected chi connectivity index (χ0v) is 61.0. The molecule has 2 unspecified atom stereocenters. The van der Waals surface area contributed by atoms with Crippen molar-refractivity contribution in [1.82, 2.24) is 0 Å². The summed E-state index contributed by atoms with van der Waals surface area (Å²) in [5, 5.41) is 9.76. The van der Waals surface area contributed by atoms with Gasteiger partial charge in [0.05, 0.1) is 34.4 Å². The van der Waals surface area contributed by atoms with Gasteiger partial charge in [-0.2, -0.15) is 0 Å². The number of carbonyl (C=O) groups excluding carboxylic acids is 2. The number of likely N-dealkylation sites (N-methyl/N-ethyl adjacent to an activating group) is 1. The number of unbranched alkanes of at least 4 members (excludes halogenated alkanes) is 20. The van der Waals surface area contributed by atoms with Crippen LogP contribution in [0.5, 0.6) is 0 Å². The van der Waals surface area contributed by atoms with Crippen LogP contribution in [0.2, 0.25) is 0 Å². The number of rotatable bonds is 67. The lowest BCUT2D eigenvalue weighted by Gasteiger charge is -2.25. The Hall–Kier alpha value is -5.87. The van der Waals surface area contributed by atoms with E-state index in [1.54, 1.807) is 0 Å². The highest BCUT2D eigenvalue weighted by atomic mass is 16.7. The molecule has 0 aliphatic carbocycles. The van der Waals surface area contributed by atoms with Crippen molar-refractivity contribution in [3.05, 3.63) is 194 Å². The zero-order chi connectivity index (χ0) is 69.0. The van der Waals surface area contributed by atoms with E-state index in [1.807, 2.05) is 21.1 Å². The highest BCUT2D eigenvalue weighted by Crippen LogP contribution is 2.16. The number of carboxylic acid groups (broad SMARTS) is 1. The fraction of sp³-hybridized carbons (Fsp3) is 0.593. The number of carboxylic acids is 1. The van der Waals surface area contributed by atoms with Crippen LogP contribution in [0.15, 0.2) is 194 Å². The number of carbonyl (C=O) groups is 3. The number of hydrogen-bond acceptors (Lipinski definition) is 7. The standard InChI is InChI=1S/C86H137NO8/c1-6-8-10-12-14-16-18-20-22-24-26-28-30-32-34-36-38-39-40-41-42-43-44-45-47-49-51-53-55-57-59-61-63-65-67-69-71-73-75-77-84(89)95-82(81-94-86(85(90)91)92-79-78-87(3,4)5)80-93-83(88)76-74-72-70-68-66-64-62-60-58-56-54-52-50-48-46-37-35-33-31-29-27-25-23-21-19-17-15-13-11-9-7-2/h8-11,14-17,20-23,26-29,32-35,38-39,41-42,44-45,49,51,55,57,61,63,82,86H,6-7,12-13,18-19,24-25,30-31,36-37,40,43,46-48,50,52-54,56,58-60,62,64-81H2,1-5H3/p+1/b10-8-,11-9-,16-14-,17-15-,22-20-,23-21-,28-26-,29-27-,34-32-,35-33-,39-38-,42-41-,45-44-,51-49-,57-55-,63-61-. The average Bonchev–Trinajstić information content (AvgIpc) is 2.92. The SMILES string of the molecule is CC/C=C\C/C=C\C/C=C\C/C=C\C/C=C\C/C=C\C/C=C\C/C=C\C/C=C\C/C=C\C/C=C\CCCCCCCC(=O)OC(COC(=O)CCCCCCCCCCCCCCCCC/C=C\C/C=C\C/C=C\C/C=C\C/C=C\CC)COC(OCC[N+](C)(C)C)C(=O)O. The van der Waals surface area contributed by atoms with Gasteiger partial charge in [-0.1, -0.05) is 311 Å². The van der Waals surface area contributed by atoms with E-state index >= 15 is 0 Å². The fourth-order valence-corrected chi connectivity index (χ4v) is 9.69. The van der Waals surface area contributed by atoms with Crippen LogP contribution in [-0.2, 0) is 33.3 Å². The Bertz CT molecular complexity index is 2270. The van der Waals surface area contributed by atoms with E-state index in [9.17, 15) is 19.5 Å². The molecule has 0 saturated heterocycles. The maximum atomic E-state index is 13.0. The Kier molecular flexibility index (Phi) is 69.4. The van der Waals surface area contributed by atoms with Crippen molar-refractivity contribution in [1.29, 1.82) is 0 Å². The summed E-state index contributed by atoms with van der Waals surface area (Å²) in [6.07, 6.45) is 111. The number of nitrogens with zero attached hydrogens (tertiary/aromatic N) is 1.